The van der Waals surface area contributed by atoms with E-state index in [-0.39, 0.29) is 18.2 Å². The summed E-state index contributed by atoms with van der Waals surface area (Å²) in [6, 6.07) is 13.0. The fourth-order valence-corrected chi connectivity index (χ4v) is 3.17. The molecule has 144 valence electrons. The number of benzene rings is 1. The largest absolute Gasteiger partial charge is 0.475 e. The number of likely N-dealkylation sites (tertiary alicyclic amines) is 1. The van der Waals surface area contributed by atoms with Crippen LogP contribution in [0.2, 0.25) is 0 Å². The molecule has 2 heterocycles. The molecular formula is C21H26N2O4. The SMILES string of the molecule is CC(C)OC(=O)N1CCCC1COc1ccc(C(O)c2ccccc2)cn1. The second-order valence-electron chi connectivity index (χ2n) is 6.98. The van der Waals surface area contributed by atoms with Gasteiger partial charge in [-0.3, -0.25) is 0 Å². The molecule has 0 saturated carbocycles. The number of pyridine rings is 1. The highest BCUT2D eigenvalue weighted by Gasteiger charge is 2.31. The molecule has 1 saturated heterocycles. The molecule has 1 amide bonds. The molecule has 1 N–H and O–H groups in total. The summed E-state index contributed by atoms with van der Waals surface area (Å²) < 4.78 is 11.1. The van der Waals surface area contributed by atoms with Crippen LogP contribution >= 0.6 is 0 Å². The highest BCUT2D eigenvalue weighted by molar-refractivity contribution is 5.68. The molecule has 1 fully saturated rings. The van der Waals surface area contributed by atoms with Crippen molar-refractivity contribution in [3.8, 4) is 5.88 Å². The van der Waals surface area contributed by atoms with Crippen molar-refractivity contribution in [2.24, 2.45) is 0 Å². The summed E-state index contributed by atoms with van der Waals surface area (Å²) >= 11 is 0. The van der Waals surface area contributed by atoms with Crippen LogP contribution in [0.15, 0.2) is 48.7 Å². The number of amides is 1. The molecule has 1 aromatic heterocycles. The maximum absolute atomic E-state index is 12.1. The Morgan fingerprint density at radius 2 is 2.00 bits per heavy atom. The minimum Gasteiger partial charge on any atom is -0.475 e. The zero-order valence-corrected chi connectivity index (χ0v) is 15.7. The van der Waals surface area contributed by atoms with E-state index in [0.717, 1.165) is 18.4 Å². The molecule has 3 rings (SSSR count). The third-order valence-corrected chi connectivity index (χ3v) is 4.56. The van der Waals surface area contributed by atoms with Crippen LogP contribution in [0.25, 0.3) is 0 Å². The van der Waals surface area contributed by atoms with Crippen molar-refractivity contribution in [2.75, 3.05) is 13.2 Å². The number of carbonyl (C=O) groups excluding carboxylic acids is 1. The second kappa shape index (κ2) is 8.86. The van der Waals surface area contributed by atoms with Crippen LogP contribution in [0.5, 0.6) is 5.88 Å². The number of aliphatic hydroxyl groups excluding tert-OH is 1. The van der Waals surface area contributed by atoms with Gasteiger partial charge in [-0.1, -0.05) is 30.3 Å². The second-order valence-corrected chi connectivity index (χ2v) is 6.98. The minimum absolute atomic E-state index is 0.00682. The number of carbonyl (C=O) groups is 1. The number of ether oxygens (including phenoxy) is 2. The average Bonchev–Trinajstić information content (AvgIpc) is 3.15. The van der Waals surface area contributed by atoms with Crippen molar-refractivity contribution < 1.29 is 19.4 Å². The van der Waals surface area contributed by atoms with Gasteiger partial charge in [0.05, 0.1) is 12.1 Å². The molecule has 6 nitrogen and oxygen atoms in total. The van der Waals surface area contributed by atoms with Gasteiger partial charge >= 0.3 is 6.09 Å². The Morgan fingerprint density at radius 3 is 2.67 bits per heavy atom. The van der Waals surface area contributed by atoms with Gasteiger partial charge in [0.15, 0.2) is 0 Å². The number of hydrogen-bond donors (Lipinski definition) is 1. The maximum atomic E-state index is 12.1. The van der Waals surface area contributed by atoms with Crippen LogP contribution in [0.4, 0.5) is 4.79 Å². The summed E-state index contributed by atoms with van der Waals surface area (Å²) in [4.78, 5) is 18.2. The van der Waals surface area contributed by atoms with Crippen molar-refractivity contribution in [1.29, 1.82) is 0 Å². The van der Waals surface area contributed by atoms with E-state index in [2.05, 4.69) is 4.98 Å². The van der Waals surface area contributed by atoms with Gasteiger partial charge in [-0.25, -0.2) is 9.78 Å². The van der Waals surface area contributed by atoms with E-state index >= 15 is 0 Å². The number of nitrogens with zero attached hydrogens (tertiary/aromatic N) is 2. The van der Waals surface area contributed by atoms with Crippen LogP contribution in [0.3, 0.4) is 0 Å². The van der Waals surface area contributed by atoms with E-state index in [1.165, 1.54) is 0 Å². The van der Waals surface area contributed by atoms with Gasteiger partial charge in [0.2, 0.25) is 5.88 Å². The van der Waals surface area contributed by atoms with Crippen molar-refractivity contribution >= 4 is 6.09 Å². The van der Waals surface area contributed by atoms with Gasteiger partial charge in [-0.2, -0.15) is 0 Å². The van der Waals surface area contributed by atoms with E-state index < -0.39 is 6.10 Å². The molecule has 2 atom stereocenters. The van der Waals surface area contributed by atoms with Gasteiger partial charge in [-0.15, -0.1) is 0 Å². The van der Waals surface area contributed by atoms with Crippen LogP contribution < -0.4 is 4.74 Å². The van der Waals surface area contributed by atoms with Gasteiger partial charge in [-0.05, 0) is 38.3 Å². The molecule has 27 heavy (non-hydrogen) atoms. The molecule has 1 aliphatic rings. The monoisotopic (exact) mass is 370 g/mol. The molecular weight excluding hydrogens is 344 g/mol. The van der Waals surface area contributed by atoms with Gasteiger partial charge in [0.1, 0.15) is 12.7 Å². The number of aromatic nitrogens is 1. The number of aliphatic hydroxyl groups is 1. The molecule has 0 spiro atoms. The summed E-state index contributed by atoms with van der Waals surface area (Å²) in [7, 11) is 0. The van der Waals surface area contributed by atoms with E-state index in [1.54, 1.807) is 23.2 Å². The Hall–Kier alpha value is -2.60. The number of rotatable bonds is 6. The normalized spacial score (nSPS) is 17.8. The predicted octanol–water partition coefficient (Wildman–Crippen LogP) is 3.55. The maximum Gasteiger partial charge on any atom is 0.410 e. The van der Waals surface area contributed by atoms with Gasteiger partial charge in [0, 0.05) is 24.4 Å². The average molecular weight is 370 g/mol. The lowest BCUT2D eigenvalue weighted by atomic mass is 10.0. The van der Waals surface area contributed by atoms with Gasteiger partial charge < -0.3 is 19.5 Å². The topological polar surface area (TPSA) is 71.9 Å². The quantitative estimate of drug-likeness (QED) is 0.842. The fraction of sp³-hybridized carbons (Fsp3) is 0.429. The lowest BCUT2D eigenvalue weighted by Gasteiger charge is -2.25. The first-order valence-corrected chi connectivity index (χ1v) is 9.33. The van der Waals surface area contributed by atoms with Gasteiger partial charge in [0.25, 0.3) is 0 Å². The Bertz CT molecular complexity index is 734. The van der Waals surface area contributed by atoms with E-state index in [1.807, 2.05) is 44.2 Å². The molecule has 1 aromatic carbocycles. The van der Waals surface area contributed by atoms with Crippen molar-refractivity contribution in [1.82, 2.24) is 9.88 Å². The molecule has 0 radical (unpaired) electrons. The summed E-state index contributed by atoms with van der Waals surface area (Å²) in [5, 5.41) is 10.4. The van der Waals surface area contributed by atoms with Crippen LogP contribution in [-0.4, -0.2) is 46.4 Å². The highest BCUT2D eigenvalue weighted by atomic mass is 16.6. The van der Waals surface area contributed by atoms with Crippen molar-refractivity contribution in [3.05, 3.63) is 59.8 Å². The minimum atomic E-state index is -0.719. The molecule has 2 aromatic rings. The van der Waals surface area contributed by atoms with Crippen molar-refractivity contribution in [3.63, 3.8) is 0 Å². The third-order valence-electron chi connectivity index (χ3n) is 4.56. The zero-order chi connectivity index (χ0) is 19.2. The van der Waals surface area contributed by atoms with Crippen LogP contribution in [0, 0.1) is 0 Å². The fourth-order valence-electron chi connectivity index (χ4n) is 3.17. The van der Waals surface area contributed by atoms with Crippen LogP contribution in [0.1, 0.15) is 43.9 Å². The first-order chi connectivity index (χ1) is 13.0. The summed E-state index contributed by atoms with van der Waals surface area (Å²) in [6.45, 7) is 4.75. The summed E-state index contributed by atoms with van der Waals surface area (Å²) in [5.41, 5.74) is 1.52. The molecule has 0 bridgehead atoms. The predicted molar refractivity (Wildman–Crippen MR) is 102 cm³/mol. The van der Waals surface area contributed by atoms with E-state index in [9.17, 15) is 9.90 Å². The summed E-state index contributed by atoms with van der Waals surface area (Å²) in [5.74, 6) is 0.475. The Morgan fingerprint density at radius 1 is 1.22 bits per heavy atom. The lowest BCUT2D eigenvalue weighted by molar-refractivity contribution is 0.0652. The molecule has 0 aliphatic carbocycles. The Balaban J connectivity index is 1.56. The highest BCUT2D eigenvalue weighted by Crippen LogP contribution is 2.23. The molecule has 2 unspecified atom stereocenters. The Kier molecular flexibility index (Phi) is 6.29. The zero-order valence-electron chi connectivity index (χ0n) is 15.7. The Labute approximate surface area is 159 Å². The first kappa shape index (κ1) is 19.2. The lowest BCUT2D eigenvalue weighted by Crippen LogP contribution is -2.40. The molecule has 6 heteroatoms. The number of hydrogen-bond acceptors (Lipinski definition) is 5. The first-order valence-electron chi connectivity index (χ1n) is 9.33. The van der Waals surface area contributed by atoms with Crippen LogP contribution in [-0.2, 0) is 4.74 Å². The standard InChI is InChI=1S/C21H26N2O4/c1-15(2)27-21(25)23-12-6-9-18(23)14-26-19-11-10-17(13-22-19)20(24)16-7-4-3-5-8-16/h3-5,7-8,10-11,13,15,18,20,24H,6,9,12,14H2,1-2H3. The smallest absolute Gasteiger partial charge is 0.410 e. The third kappa shape index (κ3) is 4.98. The van der Waals surface area contributed by atoms with E-state index in [0.29, 0.717) is 24.6 Å². The van der Waals surface area contributed by atoms with Crippen molar-refractivity contribution in [2.45, 2.75) is 44.9 Å². The summed E-state index contributed by atoms with van der Waals surface area (Å²) in [6.07, 6.45) is 2.31. The molecule has 1 aliphatic heterocycles. The van der Waals surface area contributed by atoms with E-state index in [4.69, 9.17) is 9.47 Å².